The number of carbonyl (C=O) groups is 1. The minimum Gasteiger partial charge on any atom is -0.352 e. The van der Waals surface area contributed by atoms with Crippen molar-refractivity contribution >= 4 is 21.6 Å². The zero-order chi connectivity index (χ0) is 20.0. The number of halogens is 1. The summed E-state index contributed by atoms with van der Waals surface area (Å²) in [5.41, 5.74) is 1.87. The molecule has 0 bridgehead atoms. The fourth-order valence-corrected chi connectivity index (χ4v) is 3.64. The molecule has 0 atom stereocenters. The van der Waals surface area contributed by atoms with Crippen molar-refractivity contribution in [1.29, 1.82) is 0 Å². The molecule has 0 unspecified atom stereocenters. The zero-order valence-electron chi connectivity index (χ0n) is 14.9. The molecule has 0 heterocycles. The van der Waals surface area contributed by atoms with Crippen LogP contribution < -0.4 is 10.0 Å². The first-order valence-corrected chi connectivity index (χ1v) is 10.1. The Labute approximate surface area is 163 Å². The van der Waals surface area contributed by atoms with Gasteiger partial charge in [0, 0.05) is 17.8 Å². The topological polar surface area (TPSA) is 75.3 Å². The molecule has 1 amide bonds. The van der Waals surface area contributed by atoms with Gasteiger partial charge in [0.15, 0.2) is 0 Å². The Kier molecular flexibility index (Phi) is 6.06. The number of benzene rings is 3. The third-order valence-electron chi connectivity index (χ3n) is 4.07. The van der Waals surface area contributed by atoms with Gasteiger partial charge in [0.2, 0.25) is 0 Å². The Bertz CT molecular complexity index is 1040. The summed E-state index contributed by atoms with van der Waals surface area (Å²) in [5.74, 6) is -0.745. The van der Waals surface area contributed by atoms with E-state index in [0.29, 0.717) is 17.8 Å². The standard InChI is InChI=1S/C21H19FN2O3S/c22-18-8-12-20(13-9-18)28(26,27)24-19-10-6-17(7-11-19)21(25)23-15-14-16-4-2-1-3-5-16/h1-13,24H,14-15H2,(H,23,25). The van der Waals surface area contributed by atoms with E-state index in [1.807, 2.05) is 30.3 Å². The average molecular weight is 398 g/mol. The molecule has 0 saturated carbocycles. The first-order chi connectivity index (χ1) is 13.4. The van der Waals surface area contributed by atoms with Gasteiger partial charge in [0.25, 0.3) is 15.9 Å². The predicted molar refractivity (Wildman–Crippen MR) is 106 cm³/mol. The van der Waals surface area contributed by atoms with Gasteiger partial charge in [0.05, 0.1) is 4.90 Å². The number of hydrogen-bond acceptors (Lipinski definition) is 3. The molecule has 3 aromatic rings. The van der Waals surface area contributed by atoms with Crippen molar-refractivity contribution in [2.75, 3.05) is 11.3 Å². The van der Waals surface area contributed by atoms with Crippen molar-refractivity contribution in [3.05, 3.63) is 95.8 Å². The summed E-state index contributed by atoms with van der Waals surface area (Å²) in [4.78, 5) is 12.2. The lowest BCUT2D eigenvalue weighted by atomic mass is 10.1. The maximum Gasteiger partial charge on any atom is 0.261 e. The van der Waals surface area contributed by atoms with Gasteiger partial charge in [-0.1, -0.05) is 30.3 Å². The number of sulfonamides is 1. The number of amides is 1. The van der Waals surface area contributed by atoms with Crippen LogP contribution in [0.5, 0.6) is 0 Å². The largest absolute Gasteiger partial charge is 0.352 e. The molecular weight excluding hydrogens is 379 g/mol. The number of carbonyl (C=O) groups excluding carboxylic acids is 1. The lowest BCUT2D eigenvalue weighted by Gasteiger charge is -2.09. The highest BCUT2D eigenvalue weighted by Gasteiger charge is 2.14. The fraction of sp³-hybridized carbons (Fsp3) is 0.0952. The lowest BCUT2D eigenvalue weighted by molar-refractivity contribution is 0.0954. The van der Waals surface area contributed by atoms with Gasteiger partial charge in [-0.2, -0.15) is 0 Å². The quantitative estimate of drug-likeness (QED) is 0.639. The Balaban J connectivity index is 1.58. The van der Waals surface area contributed by atoms with Crippen LogP contribution in [-0.4, -0.2) is 20.9 Å². The highest BCUT2D eigenvalue weighted by atomic mass is 32.2. The van der Waals surface area contributed by atoms with Crippen LogP contribution in [0.3, 0.4) is 0 Å². The summed E-state index contributed by atoms with van der Waals surface area (Å²) >= 11 is 0. The van der Waals surface area contributed by atoms with Crippen molar-refractivity contribution < 1.29 is 17.6 Å². The number of rotatable bonds is 7. The summed E-state index contributed by atoms with van der Waals surface area (Å²) in [7, 11) is -3.83. The van der Waals surface area contributed by atoms with Gasteiger partial charge in [0.1, 0.15) is 5.82 Å². The van der Waals surface area contributed by atoms with Gasteiger partial charge in [-0.25, -0.2) is 12.8 Å². The van der Waals surface area contributed by atoms with E-state index in [-0.39, 0.29) is 10.8 Å². The molecular formula is C21H19FN2O3S. The predicted octanol–water partition coefficient (Wildman–Crippen LogP) is 3.60. The summed E-state index contributed by atoms with van der Waals surface area (Å²) in [6.07, 6.45) is 0.724. The van der Waals surface area contributed by atoms with Gasteiger partial charge >= 0.3 is 0 Å². The molecule has 0 fully saturated rings. The molecule has 7 heteroatoms. The molecule has 0 radical (unpaired) electrons. The molecule has 0 aliphatic carbocycles. The van der Waals surface area contributed by atoms with Crippen LogP contribution >= 0.6 is 0 Å². The van der Waals surface area contributed by atoms with Crippen molar-refractivity contribution in [2.45, 2.75) is 11.3 Å². The van der Waals surface area contributed by atoms with E-state index >= 15 is 0 Å². The second kappa shape index (κ2) is 8.67. The van der Waals surface area contributed by atoms with Crippen LogP contribution in [0.15, 0.2) is 83.8 Å². The Morgan fingerprint density at radius 3 is 2.14 bits per heavy atom. The molecule has 0 spiro atoms. The number of anilines is 1. The van der Waals surface area contributed by atoms with E-state index in [1.54, 1.807) is 12.1 Å². The summed E-state index contributed by atoms with van der Waals surface area (Å²) in [6, 6.07) is 20.5. The van der Waals surface area contributed by atoms with Gasteiger partial charge < -0.3 is 5.32 Å². The van der Waals surface area contributed by atoms with Crippen LogP contribution in [0.25, 0.3) is 0 Å². The Morgan fingerprint density at radius 1 is 0.857 bits per heavy atom. The van der Waals surface area contributed by atoms with Crippen LogP contribution in [0.1, 0.15) is 15.9 Å². The first kappa shape index (κ1) is 19.6. The van der Waals surface area contributed by atoms with E-state index in [9.17, 15) is 17.6 Å². The molecule has 0 aromatic heterocycles. The van der Waals surface area contributed by atoms with Gasteiger partial charge in [-0.05, 0) is 60.5 Å². The molecule has 0 saturated heterocycles. The van der Waals surface area contributed by atoms with E-state index in [2.05, 4.69) is 10.0 Å². The minimum absolute atomic E-state index is 0.0448. The van der Waals surface area contributed by atoms with E-state index in [1.165, 1.54) is 24.3 Å². The van der Waals surface area contributed by atoms with Gasteiger partial charge in [-0.15, -0.1) is 0 Å². The third-order valence-corrected chi connectivity index (χ3v) is 5.46. The molecule has 144 valence electrons. The summed E-state index contributed by atoms with van der Waals surface area (Å²) in [5, 5.41) is 2.83. The number of hydrogen-bond donors (Lipinski definition) is 2. The molecule has 3 rings (SSSR count). The van der Waals surface area contributed by atoms with Crippen molar-refractivity contribution in [1.82, 2.24) is 5.32 Å². The SMILES string of the molecule is O=C(NCCc1ccccc1)c1ccc(NS(=O)(=O)c2ccc(F)cc2)cc1. The van der Waals surface area contributed by atoms with Gasteiger partial charge in [-0.3, -0.25) is 9.52 Å². The smallest absolute Gasteiger partial charge is 0.261 e. The molecule has 0 aliphatic rings. The summed E-state index contributed by atoms with van der Waals surface area (Å²) in [6.45, 7) is 0.502. The second-order valence-corrected chi connectivity index (χ2v) is 7.81. The Morgan fingerprint density at radius 2 is 1.50 bits per heavy atom. The maximum absolute atomic E-state index is 13.0. The highest BCUT2D eigenvalue weighted by Crippen LogP contribution is 2.17. The highest BCUT2D eigenvalue weighted by molar-refractivity contribution is 7.92. The van der Waals surface area contributed by atoms with Crippen molar-refractivity contribution in [3.8, 4) is 0 Å². The maximum atomic E-state index is 13.0. The minimum atomic E-state index is -3.83. The molecule has 3 aromatic carbocycles. The van der Waals surface area contributed by atoms with Crippen LogP contribution in [-0.2, 0) is 16.4 Å². The van der Waals surface area contributed by atoms with Crippen LogP contribution in [0.4, 0.5) is 10.1 Å². The first-order valence-electron chi connectivity index (χ1n) is 8.65. The monoisotopic (exact) mass is 398 g/mol. The normalized spacial score (nSPS) is 11.0. The molecule has 5 nitrogen and oxygen atoms in total. The fourth-order valence-electron chi connectivity index (χ4n) is 2.58. The molecule has 2 N–H and O–H groups in total. The number of nitrogens with one attached hydrogen (secondary N) is 2. The third kappa shape index (κ3) is 5.17. The average Bonchev–Trinajstić information content (AvgIpc) is 2.69. The van der Waals surface area contributed by atoms with E-state index in [0.717, 1.165) is 24.1 Å². The van der Waals surface area contributed by atoms with Crippen molar-refractivity contribution in [2.24, 2.45) is 0 Å². The van der Waals surface area contributed by atoms with E-state index < -0.39 is 15.8 Å². The lowest BCUT2D eigenvalue weighted by Crippen LogP contribution is -2.25. The molecule has 28 heavy (non-hydrogen) atoms. The summed E-state index contributed by atoms with van der Waals surface area (Å²) < 4.78 is 39.9. The van der Waals surface area contributed by atoms with Crippen molar-refractivity contribution in [3.63, 3.8) is 0 Å². The molecule has 0 aliphatic heterocycles. The van der Waals surface area contributed by atoms with Crippen LogP contribution in [0, 0.1) is 5.82 Å². The van der Waals surface area contributed by atoms with E-state index in [4.69, 9.17) is 0 Å². The van der Waals surface area contributed by atoms with Crippen LogP contribution in [0.2, 0.25) is 0 Å². The Hall–Kier alpha value is -3.19. The zero-order valence-corrected chi connectivity index (χ0v) is 15.7. The second-order valence-electron chi connectivity index (χ2n) is 6.13.